The Kier molecular flexibility index (Phi) is 7.93. The van der Waals surface area contributed by atoms with Gasteiger partial charge in [0.05, 0.1) is 8.07 Å². The molecular formula is C46H66N2Si. The number of nitrogens with zero attached hydrogens (tertiary/aromatic N) is 2. The Balaban J connectivity index is 1.10. The van der Waals surface area contributed by atoms with E-state index < -0.39 is 8.07 Å². The van der Waals surface area contributed by atoms with Crippen LogP contribution in [0.4, 0.5) is 11.4 Å². The summed E-state index contributed by atoms with van der Waals surface area (Å²) in [4.78, 5) is 6.28. The molecule has 2 heterocycles. The number of fused-ring (bicyclic) bond motifs is 10. The summed E-state index contributed by atoms with van der Waals surface area (Å²) in [5.41, 5.74) is 5.19. The highest BCUT2D eigenvalue weighted by Crippen LogP contribution is 2.72. The summed E-state index contributed by atoms with van der Waals surface area (Å²) in [5.74, 6) is 9.38. The first-order chi connectivity index (χ1) is 23.9. The molecule has 16 atom stereocenters. The van der Waals surface area contributed by atoms with E-state index in [1.54, 1.807) is 24.2 Å². The number of hydrogen-bond donors (Lipinski definition) is 0. The summed E-state index contributed by atoms with van der Waals surface area (Å²) in [7, 11) is -1.74. The SMILES string of the molecule is CC1CCC2C(C1)C1C(C3CCCCC3C1[Si](C)(C)C1C3CCCCC3C3C1C1CC(C)CCC1N3c1ccccc1)N2c1ccccc1. The van der Waals surface area contributed by atoms with Crippen molar-refractivity contribution >= 4 is 19.4 Å². The molecule has 0 radical (unpaired) electrons. The van der Waals surface area contributed by atoms with Gasteiger partial charge in [-0.15, -0.1) is 0 Å². The fourth-order valence-electron chi connectivity index (χ4n) is 16.5. The first-order valence-corrected chi connectivity index (χ1v) is 24.8. The Morgan fingerprint density at radius 2 is 0.857 bits per heavy atom. The molecule has 10 rings (SSSR count). The van der Waals surface area contributed by atoms with Gasteiger partial charge in [0.2, 0.25) is 0 Å². The van der Waals surface area contributed by atoms with Crippen LogP contribution in [0.2, 0.25) is 24.2 Å². The second kappa shape index (κ2) is 12.2. The Morgan fingerprint density at radius 1 is 0.469 bits per heavy atom. The lowest BCUT2D eigenvalue weighted by Gasteiger charge is -2.51. The van der Waals surface area contributed by atoms with E-state index in [4.69, 9.17) is 0 Å². The zero-order valence-electron chi connectivity index (χ0n) is 31.3. The molecule has 6 aliphatic carbocycles. The molecule has 2 aromatic rings. The van der Waals surface area contributed by atoms with Gasteiger partial charge in [0.1, 0.15) is 0 Å². The largest absolute Gasteiger partial charge is 0.365 e. The molecule has 264 valence electrons. The van der Waals surface area contributed by atoms with Gasteiger partial charge in [-0.05, 0) is 146 Å². The number of para-hydroxylation sites is 2. The summed E-state index contributed by atoms with van der Waals surface area (Å²) in [6, 6.07) is 27.1. The second-order valence-electron chi connectivity index (χ2n) is 20.0. The Bertz CT molecular complexity index is 1360. The predicted octanol–water partition coefficient (Wildman–Crippen LogP) is 11.7. The molecule has 0 amide bonds. The zero-order valence-corrected chi connectivity index (χ0v) is 32.3. The van der Waals surface area contributed by atoms with Crippen LogP contribution in [0.15, 0.2) is 60.7 Å². The molecule has 2 saturated heterocycles. The lowest BCUT2D eigenvalue weighted by molar-refractivity contribution is 0.191. The molecule has 2 nitrogen and oxygen atoms in total. The highest BCUT2D eigenvalue weighted by Gasteiger charge is 2.71. The van der Waals surface area contributed by atoms with Crippen molar-refractivity contribution in [3.8, 4) is 0 Å². The van der Waals surface area contributed by atoms with E-state index >= 15 is 0 Å². The van der Waals surface area contributed by atoms with Gasteiger partial charge in [-0.3, -0.25) is 0 Å². The lowest BCUT2D eigenvalue weighted by atomic mass is 9.73. The van der Waals surface area contributed by atoms with Gasteiger partial charge in [-0.25, -0.2) is 0 Å². The lowest BCUT2D eigenvalue weighted by Crippen LogP contribution is -2.50. The molecule has 2 aromatic carbocycles. The molecule has 0 N–H and O–H groups in total. The Labute approximate surface area is 300 Å². The molecule has 8 aliphatic rings. The second-order valence-corrected chi connectivity index (χ2v) is 25.0. The average Bonchev–Trinajstić information content (AvgIpc) is 3.84. The van der Waals surface area contributed by atoms with Gasteiger partial charge in [0.15, 0.2) is 0 Å². The quantitative estimate of drug-likeness (QED) is 0.298. The van der Waals surface area contributed by atoms with Gasteiger partial charge in [-0.1, -0.05) is 102 Å². The number of anilines is 2. The molecule has 0 bridgehead atoms. The van der Waals surface area contributed by atoms with Crippen molar-refractivity contribution in [2.24, 2.45) is 59.2 Å². The smallest absolute Gasteiger partial charge is 0.0548 e. The minimum absolute atomic E-state index is 0.783. The maximum absolute atomic E-state index is 3.14. The average molecular weight is 675 g/mol. The van der Waals surface area contributed by atoms with E-state index in [1.165, 1.54) is 77.0 Å². The van der Waals surface area contributed by atoms with Crippen molar-refractivity contribution in [3.05, 3.63) is 60.7 Å². The van der Waals surface area contributed by atoms with E-state index in [1.807, 2.05) is 0 Å². The van der Waals surface area contributed by atoms with Crippen molar-refractivity contribution < 1.29 is 0 Å². The van der Waals surface area contributed by atoms with Crippen molar-refractivity contribution in [2.75, 3.05) is 9.80 Å². The molecule has 16 unspecified atom stereocenters. The van der Waals surface area contributed by atoms with Crippen molar-refractivity contribution in [2.45, 2.75) is 152 Å². The highest BCUT2D eigenvalue weighted by molar-refractivity contribution is 6.80. The van der Waals surface area contributed by atoms with Crippen LogP contribution < -0.4 is 9.80 Å². The molecule has 49 heavy (non-hydrogen) atoms. The molecule has 2 aliphatic heterocycles. The van der Waals surface area contributed by atoms with E-state index in [2.05, 4.69) is 97.4 Å². The van der Waals surface area contributed by atoms with E-state index in [-0.39, 0.29) is 0 Å². The minimum atomic E-state index is -1.74. The van der Waals surface area contributed by atoms with Crippen LogP contribution in [0.5, 0.6) is 0 Å². The van der Waals surface area contributed by atoms with Gasteiger partial charge in [0, 0.05) is 35.5 Å². The first kappa shape index (κ1) is 31.9. The third-order valence-electron chi connectivity index (χ3n) is 17.6. The Hall–Kier alpha value is -1.74. The summed E-state index contributed by atoms with van der Waals surface area (Å²) < 4.78 is 0. The van der Waals surface area contributed by atoms with Gasteiger partial charge in [0.25, 0.3) is 0 Å². The maximum Gasteiger partial charge on any atom is 0.0548 e. The summed E-state index contributed by atoms with van der Waals surface area (Å²) in [6.07, 6.45) is 20.9. The van der Waals surface area contributed by atoms with Crippen LogP contribution in [0, 0.1) is 59.2 Å². The zero-order chi connectivity index (χ0) is 33.0. The number of rotatable bonds is 4. The van der Waals surface area contributed by atoms with Gasteiger partial charge >= 0.3 is 0 Å². The fourth-order valence-corrected chi connectivity index (χ4v) is 22.9. The van der Waals surface area contributed by atoms with Crippen LogP contribution in [-0.2, 0) is 0 Å². The molecule has 0 spiro atoms. The summed E-state index contributed by atoms with van der Waals surface area (Å²) in [5, 5.41) is 0. The standard InChI is InChI=1S/C46H66N2Si/c1-29-23-25-39-37(27-29)41-43(47(39)31-15-7-5-8-16-31)33-19-11-13-21-35(33)45(41)49(3,4)46-36-22-14-12-20-34(36)44-42(46)38-28-30(2)24-26-40(38)48(44)32-17-9-6-10-18-32/h5-10,15-18,29-30,33-46H,11-14,19-28H2,1-4H3. The first-order valence-electron chi connectivity index (χ1n) is 21.6. The third kappa shape index (κ3) is 4.74. The van der Waals surface area contributed by atoms with Crippen molar-refractivity contribution in [1.29, 1.82) is 0 Å². The molecule has 6 saturated carbocycles. The van der Waals surface area contributed by atoms with Crippen molar-refractivity contribution in [3.63, 3.8) is 0 Å². The summed E-state index contributed by atoms with van der Waals surface area (Å²) >= 11 is 0. The monoisotopic (exact) mass is 674 g/mol. The predicted molar refractivity (Wildman–Crippen MR) is 209 cm³/mol. The molecular weight excluding hydrogens is 609 g/mol. The minimum Gasteiger partial charge on any atom is -0.365 e. The fraction of sp³-hybridized carbons (Fsp3) is 0.739. The van der Waals surface area contributed by atoms with E-state index in [0.29, 0.717) is 0 Å². The molecule has 0 aromatic heterocycles. The van der Waals surface area contributed by atoms with E-state index in [9.17, 15) is 0 Å². The number of hydrogen-bond acceptors (Lipinski definition) is 2. The number of benzene rings is 2. The van der Waals surface area contributed by atoms with Crippen molar-refractivity contribution in [1.82, 2.24) is 0 Å². The van der Waals surface area contributed by atoms with Crippen LogP contribution in [0.1, 0.15) is 104 Å². The van der Waals surface area contributed by atoms with Gasteiger partial charge < -0.3 is 9.80 Å². The third-order valence-corrected chi connectivity index (χ3v) is 22.7. The van der Waals surface area contributed by atoms with E-state index in [0.717, 1.165) is 94.4 Å². The van der Waals surface area contributed by atoms with Crippen LogP contribution in [0.25, 0.3) is 0 Å². The Morgan fingerprint density at radius 3 is 1.27 bits per heavy atom. The maximum atomic E-state index is 3.14. The van der Waals surface area contributed by atoms with Crippen LogP contribution in [-0.4, -0.2) is 32.2 Å². The topological polar surface area (TPSA) is 6.48 Å². The van der Waals surface area contributed by atoms with Crippen LogP contribution >= 0.6 is 0 Å². The van der Waals surface area contributed by atoms with Crippen LogP contribution in [0.3, 0.4) is 0 Å². The molecule has 3 heteroatoms. The molecule has 8 fully saturated rings. The highest BCUT2D eigenvalue weighted by atomic mass is 28.3. The van der Waals surface area contributed by atoms with Gasteiger partial charge in [-0.2, -0.15) is 0 Å². The summed E-state index contributed by atoms with van der Waals surface area (Å²) in [6.45, 7) is 11.4. The normalized spacial score (nSPS) is 47.2.